The minimum atomic E-state index is -0.821. The Morgan fingerprint density at radius 2 is 2.04 bits per heavy atom. The van der Waals surface area contributed by atoms with Gasteiger partial charge in [0, 0.05) is 18.9 Å². The second kappa shape index (κ2) is 5.77. The fraction of sp³-hybridized carbons (Fsp3) is 0.500. The number of carbonyl (C=O) groups is 2. The van der Waals surface area contributed by atoms with Crippen LogP contribution in [0.5, 0.6) is 0 Å². The molecule has 5 heteroatoms. The molecule has 1 atom stereocenters. The molecule has 0 saturated carbocycles. The van der Waals surface area contributed by atoms with Crippen LogP contribution in [0, 0.1) is 16.7 Å². The molecule has 2 aliphatic carbocycles. The van der Waals surface area contributed by atoms with Crippen molar-refractivity contribution < 1.29 is 14.0 Å². The van der Waals surface area contributed by atoms with Crippen LogP contribution in [0.3, 0.4) is 0 Å². The van der Waals surface area contributed by atoms with Crippen molar-refractivity contribution in [3.8, 4) is 6.07 Å². The molecule has 0 heterocycles. The molecule has 2 aliphatic rings. The van der Waals surface area contributed by atoms with E-state index in [2.05, 4.69) is 0 Å². The summed E-state index contributed by atoms with van der Waals surface area (Å²) in [4.78, 5) is 26.4. The highest BCUT2D eigenvalue weighted by Gasteiger charge is 2.46. The smallest absolute Gasteiger partial charge is 0.256 e. The first-order chi connectivity index (χ1) is 10.6. The van der Waals surface area contributed by atoms with E-state index >= 15 is 0 Å². The van der Waals surface area contributed by atoms with Gasteiger partial charge in [-0.25, -0.2) is 4.39 Å². The number of nitriles is 1. The van der Waals surface area contributed by atoms with Crippen LogP contribution < -0.4 is 0 Å². The van der Waals surface area contributed by atoms with Crippen LogP contribution in [-0.2, 0) is 9.59 Å². The molecular formula is C18H21FN2O2. The maximum absolute atomic E-state index is 14.0. The number of likely N-dealkylation sites (N-methyl/N-ethyl adjacent to an activating group) is 1. The number of ketones is 1. The van der Waals surface area contributed by atoms with Gasteiger partial charge < -0.3 is 4.90 Å². The Morgan fingerprint density at radius 3 is 2.61 bits per heavy atom. The maximum Gasteiger partial charge on any atom is 0.256 e. The van der Waals surface area contributed by atoms with E-state index < -0.39 is 22.7 Å². The van der Waals surface area contributed by atoms with Gasteiger partial charge in [0.2, 0.25) is 0 Å². The summed E-state index contributed by atoms with van der Waals surface area (Å²) in [6.45, 7) is 5.31. The highest BCUT2D eigenvalue weighted by molar-refractivity contribution is 6.04. The van der Waals surface area contributed by atoms with Crippen molar-refractivity contribution in [3.63, 3.8) is 0 Å². The lowest BCUT2D eigenvalue weighted by atomic mass is 9.68. The predicted octanol–water partition coefficient (Wildman–Crippen LogP) is 3.23. The predicted molar refractivity (Wildman–Crippen MR) is 84.8 cm³/mol. The van der Waals surface area contributed by atoms with Crippen LogP contribution in [0.15, 0.2) is 35.2 Å². The molecule has 0 N–H and O–H groups in total. The number of rotatable bonds is 2. The van der Waals surface area contributed by atoms with E-state index in [1.165, 1.54) is 17.1 Å². The lowest BCUT2D eigenvalue weighted by molar-refractivity contribution is -0.134. The normalized spacial score (nSPS) is 26.6. The molecular weight excluding hydrogens is 295 g/mol. The third-order valence-corrected chi connectivity index (χ3v) is 4.64. The van der Waals surface area contributed by atoms with E-state index in [0.717, 1.165) is 0 Å². The number of halogens is 1. The largest absolute Gasteiger partial charge is 0.333 e. The summed E-state index contributed by atoms with van der Waals surface area (Å²) in [5.41, 5.74) is -1.46. The Kier molecular flexibility index (Phi) is 4.30. The molecule has 0 aromatic carbocycles. The SMILES string of the molecule is CN(C(=O)C1=C(F)CCC=C1)C1(C)C=C(C#N)C(=O)C(C)(C)C1. The van der Waals surface area contributed by atoms with Crippen molar-refractivity contribution in [2.75, 3.05) is 7.05 Å². The summed E-state index contributed by atoms with van der Waals surface area (Å²) in [6, 6.07) is 1.92. The van der Waals surface area contributed by atoms with Crippen LogP contribution in [-0.4, -0.2) is 29.2 Å². The molecule has 0 aliphatic heterocycles. The Hall–Kier alpha value is -2.22. The van der Waals surface area contributed by atoms with Gasteiger partial charge in [-0.1, -0.05) is 26.0 Å². The summed E-state index contributed by atoms with van der Waals surface area (Å²) >= 11 is 0. The van der Waals surface area contributed by atoms with Crippen molar-refractivity contribution in [1.82, 2.24) is 4.90 Å². The van der Waals surface area contributed by atoms with Gasteiger partial charge in [0.05, 0.1) is 16.7 Å². The quantitative estimate of drug-likeness (QED) is 0.786. The summed E-state index contributed by atoms with van der Waals surface area (Å²) in [5, 5.41) is 9.21. The zero-order valence-corrected chi connectivity index (χ0v) is 13.9. The minimum absolute atomic E-state index is 0.0528. The van der Waals surface area contributed by atoms with Crippen LogP contribution in [0.1, 0.15) is 40.0 Å². The monoisotopic (exact) mass is 316 g/mol. The number of carbonyl (C=O) groups excluding carboxylic acids is 2. The summed E-state index contributed by atoms with van der Waals surface area (Å²) < 4.78 is 14.0. The minimum Gasteiger partial charge on any atom is -0.333 e. The number of hydrogen-bond acceptors (Lipinski definition) is 3. The number of Topliss-reactive ketones (excluding diaryl/α,β-unsaturated/α-hetero) is 1. The Balaban J connectivity index is 2.42. The standard InChI is InChI=1S/C18H21FN2O2/c1-17(2)11-18(3,9-12(10-20)15(17)22)21(4)16(23)13-7-5-6-8-14(13)19/h5,7,9H,6,8,11H2,1-4H3. The van der Waals surface area contributed by atoms with Gasteiger partial charge in [0.15, 0.2) is 5.78 Å². The van der Waals surface area contributed by atoms with Crippen LogP contribution in [0.2, 0.25) is 0 Å². The summed E-state index contributed by atoms with van der Waals surface area (Å²) in [6.07, 6.45) is 6.01. The van der Waals surface area contributed by atoms with Gasteiger partial charge in [-0.3, -0.25) is 9.59 Å². The molecule has 0 spiro atoms. The first-order valence-corrected chi connectivity index (χ1v) is 7.63. The molecule has 23 heavy (non-hydrogen) atoms. The Bertz CT molecular complexity index is 694. The number of nitrogens with zero attached hydrogens (tertiary/aromatic N) is 2. The molecule has 122 valence electrons. The van der Waals surface area contributed by atoms with Crippen molar-refractivity contribution >= 4 is 11.7 Å². The van der Waals surface area contributed by atoms with Crippen molar-refractivity contribution in [2.24, 2.45) is 5.41 Å². The Morgan fingerprint density at radius 1 is 1.39 bits per heavy atom. The third-order valence-electron chi connectivity index (χ3n) is 4.64. The number of amides is 1. The van der Waals surface area contributed by atoms with Gasteiger partial charge in [-0.15, -0.1) is 0 Å². The number of hydrogen-bond donors (Lipinski definition) is 0. The number of allylic oxidation sites excluding steroid dienone is 3. The third kappa shape index (κ3) is 2.98. The first-order valence-electron chi connectivity index (χ1n) is 7.63. The maximum atomic E-state index is 14.0. The van der Waals surface area contributed by atoms with E-state index in [1.807, 2.05) is 6.07 Å². The average Bonchev–Trinajstić information content (AvgIpc) is 2.49. The second-order valence-corrected chi connectivity index (χ2v) is 7.04. The molecule has 0 aromatic rings. The van der Waals surface area contributed by atoms with Gasteiger partial charge >= 0.3 is 0 Å². The zero-order valence-electron chi connectivity index (χ0n) is 13.9. The van der Waals surface area contributed by atoms with Gasteiger partial charge in [0.25, 0.3) is 5.91 Å². The topological polar surface area (TPSA) is 61.2 Å². The average molecular weight is 316 g/mol. The molecule has 2 rings (SSSR count). The van der Waals surface area contributed by atoms with Crippen LogP contribution in [0.25, 0.3) is 0 Å². The van der Waals surface area contributed by atoms with Crippen molar-refractivity contribution in [1.29, 1.82) is 5.26 Å². The summed E-state index contributed by atoms with van der Waals surface area (Å²) in [5.74, 6) is -1.07. The highest BCUT2D eigenvalue weighted by atomic mass is 19.1. The molecule has 1 unspecified atom stereocenters. The molecule has 0 fully saturated rings. The lowest BCUT2D eigenvalue weighted by Crippen LogP contribution is -2.53. The zero-order chi connectivity index (χ0) is 17.4. The fourth-order valence-corrected chi connectivity index (χ4v) is 3.30. The molecule has 1 amide bonds. The molecule has 0 saturated heterocycles. The Labute approximate surface area is 136 Å². The first kappa shape index (κ1) is 17.1. The van der Waals surface area contributed by atoms with Crippen molar-refractivity contribution in [2.45, 2.75) is 45.6 Å². The van der Waals surface area contributed by atoms with Gasteiger partial charge in [0.1, 0.15) is 11.9 Å². The fourth-order valence-electron chi connectivity index (χ4n) is 3.30. The van der Waals surface area contributed by atoms with Crippen LogP contribution in [0.4, 0.5) is 4.39 Å². The van der Waals surface area contributed by atoms with E-state index in [9.17, 15) is 19.2 Å². The summed E-state index contributed by atoms with van der Waals surface area (Å²) in [7, 11) is 1.59. The van der Waals surface area contributed by atoms with E-state index in [1.54, 1.807) is 33.9 Å². The molecule has 4 nitrogen and oxygen atoms in total. The lowest BCUT2D eigenvalue weighted by Gasteiger charge is -2.44. The van der Waals surface area contributed by atoms with Crippen molar-refractivity contribution in [3.05, 3.63) is 35.2 Å². The van der Waals surface area contributed by atoms with Gasteiger partial charge in [-0.05, 0) is 25.8 Å². The van der Waals surface area contributed by atoms with Gasteiger partial charge in [-0.2, -0.15) is 5.26 Å². The molecule has 0 aromatic heterocycles. The molecule has 0 bridgehead atoms. The second-order valence-electron chi connectivity index (χ2n) is 7.04. The highest BCUT2D eigenvalue weighted by Crippen LogP contribution is 2.40. The van der Waals surface area contributed by atoms with E-state index in [-0.39, 0.29) is 23.4 Å². The molecule has 0 radical (unpaired) electrons. The van der Waals surface area contributed by atoms with Crippen LogP contribution >= 0.6 is 0 Å². The van der Waals surface area contributed by atoms with E-state index in [4.69, 9.17) is 0 Å². The van der Waals surface area contributed by atoms with E-state index in [0.29, 0.717) is 12.8 Å².